The van der Waals surface area contributed by atoms with Crippen molar-refractivity contribution in [3.05, 3.63) is 69.0 Å². The van der Waals surface area contributed by atoms with Gasteiger partial charge in [-0.3, -0.25) is 9.36 Å². The molecule has 1 fully saturated rings. The molecule has 1 aromatic carbocycles. The van der Waals surface area contributed by atoms with Crippen molar-refractivity contribution in [1.82, 2.24) is 14.5 Å². The first-order valence-electron chi connectivity index (χ1n) is 12.3. The topological polar surface area (TPSA) is 96.8 Å². The van der Waals surface area contributed by atoms with Crippen molar-refractivity contribution < 1.29 is 19.4 Å². The average Bonchev–Trinajstić information content (AvgIpc) is 3.54. The first-order valence-corrected chi connectivity index (χ1v) is 13.2. The predicted octanol–water partition coefficient (Wildman–Crippen LogP) is 3.76. The Morgan fingerprint density at radius 3 is 2.80 bits per heavy atom. The molecule has 35 heavy (non-hydrogen) atoms. The lowest BCUT2D eigenvalue weighted by atomic mass is 9.95. The molecular formula is C26H31N3O5S. The van der Waals surface area contributed by atoms with E-state index in [4.69, 9.17) is 14.6 Å². The van der Waals surface area contributed by atoms with Crippen LogP contribution in [-0.4, -0.2) is 58.1 Å². The van der Waals surface area contributed by atoms with Gasteiger partial charge in [-0.2, -0.15) is 11.3 Å². The number of aliphatic hydroxyl groups excluding tert-OH is 1. The number of carbonyl (C=O) groups excluding carboxylic acids is 1. The van der Waals surface area contributed by atoms with Gasteiger partial charge in [-0.1, -0.05) is 12.1 Å². The number of ether oxygens (including phenoxy) is 2. The number of imidazole rings is 1. The summed E-state index contributed by atoms with van der Waals surface area (Å²) >= 11 is 1.63. The highest BCUT2D eigenvalue weighted by molar-refractivity contribution is 7.08. The molecule has 3 aromatic rings. The molecule has 4 heterocycles. The van der Waals surface area contributed by atoms with E-state index in [9.17, 15) is 9.59 Å². The van der Waals surface area contributed by atoms with Crippen LogP contribution in [0.25, 0.3) is 11.0 Å². The molecule has 8 nitrogen and oxygen atoms in total. The first-order chi connectivity index (χ1) is 17.1. The number of likely N-dealkylation sites (tertiary alicyclic amines) is 1. The van der Waals surface area contributed by atoms with Crippen molar-refractivity contribution in [3.63, 3.8) is 0 Å². The maximum absolute atomic E-state index is 13.4. The molecule has 0 saturated carbocycles. The van der Waals surface area contributed by atoms with E-state index in [0.717, 1.165) is 23.0 Å². The van der Waals surface area contributed by atoms with Crippen LogP contribution in [0, 0.1) is 0 Å². The minimum absolute atomic E-state index is 0.0464. The lowest BCUT2D eigenvalue weighted by Crippen LogP contribution is -2.42. The SMILES string of the molecule is O=C(C1=C[C@H](c2ccsc2)C[C@H](OCCCCO)O1)N1CCC(n2c(=O)[nH]c3ccccc32)CC1. The average molecular weight is 498 g/mol. The molecule has 0 spiro atoms. The Kier molecular flexibility index (Phi) is 7.36. The van der Waals surface area contributed by atoms with E-state index in [1.807, 2.05) is 45.2 Å². The van der Waals surface area contributed by atoms with Crippen LogP contribution in [0.1, 0.15) is 49.6 Å². The molecule has 0 aliphatic carbocycles. The number of H-pyrrole nitrogens is 1. The monoisotopic (exact) mass is 497 g/mol. The van der Waals surface area contributed by atoms with Crippen LogP contribution in [0.15, 0.2) is 57.7 Å². The number of aromatic nitrogens is 2. The number of nitrogens with one attached hydrogen (secondary N) is 1. The zero-order valence-electron chi connectivity index (χ0n) is 19.6. The largest absolute Gasteiger partial charge is 0.459 e. The summed E-state index contributed by atoms with van der Waals surface area (Å²) in [6, 6.07) is 9.83. The molecule has 2 aromatic heterocycles. The zero-order chi connectivity index (χ0) is 24.2. The Labute approximate surface area is 207 Å². The van der Waals surface area contributed by atoms with Crippen molar-refractivity contribution >= 4 is 28.3 Å². The lowest BCUT2D eigenvalue weighted by molar-refractivity contribution is -0.153. The van der Waals surface area contributed by atoms with Gasteiger partial charge in [0, 0.05) is 38.1 Å². The highest BCUT2D eigenvalue weighted by Crippen LogP contribution is 2.34. The van der Waals surface area contributed by atoms with Gasteiger partial charge >= 0.3 is 5.69 Å². The van der Waals surface area contributed by atoms with E-state index in [0.29, 0.717) is 51.1 Å². The van der Waals surface area contributed by atoms with E-state index in [1.54, 1.807) is 11.3 Å². The highest BCUT2D eigenvalue weighted by atomic mass is 32.1. The molecule has 9 heteroatoms. The van der Waals surface area contributed by atoms with E-state index in [-0.39, 0.29) is 30.2 Å². The Morgan fingerprint density at radius 2 is 2.03 bits per heavy atom. The Morgan fingerprint density at radius 1 is 1.20 bits per heavy atom. The molecule has 186 valence electrons. The number of fused-ring (bicyclic) bond motifs is 1. The van der Waals surface area contributed by atoms with E-state index < -0.39 is 6.29 Å². The lowest BCUT2D eigenvalue weighted by Gasteiger charge is -2.35. The van der Waals surface area contributed by atoms with Gasteiger partial charge in [-0.15, -0.1) is 0 Å². The third-order valence-corrected chi connectivity index (χ3v) is 7.54. The normalized spacial score (nSPS) is 21.2. The minimum Gasteiger partial charge on any atom is -0.459 e. The molecule has 1 amide bonds. The minimum atomic E-state index is -0.495. The summed E-state index contributed by atoms with van der Waals surface area (Å²) in [4.78, 5) is 30.8. The standard InChI is InChI=1S/C26H31N3O5S/c30-12-3-4-13-33-24-16-19(18-9-14-35-17-18)15-23(34-24)25(31)28-10-7-20(8-11-28)29-22-6-2-1-5-21(22)27-26(29)32/h1-2,5-6,9,14-15,17,19-20,24,30H,3-4,7-8,10-13,16H2,(H,27,32)/t19-,24+/m0/s1. The summed E-state index contributed by atoms with van der Waals surface area (Å²) in [5.74, 6) is 0.264. The molecule has 0 radical (unpaired) electrons. The number of hydrogen-bond donors (Lipinski definition) is 2. The number of nitrogens with zero attached hydrogens (tertiary/aromatic N) is 2. The summed E-state index contributed by atoms with van der Waals surface area (Å²) < 4.78 is 13.8. The summed E-state index contributed by atoms with van der Waals surface area (Å²) in [6.07, 6.45) is 4.91. The smallest absolute Gasteiger partial charge is 0.326 e. The second kappa shape index (κ2) is 10.8. The van der Waals surface area contributed by atoms with Crippen LogP contribution in [0.5, 0.6) is 0 Å². The van der Waals surface area contributed by atoms with Crippen molar-refractivity contribution in [2.75, 3.05) is 26.3 Å². The number of aromatic amines is 1. The number of carbonyl (C=O) groups is 1. The van der Waals surface area contributed by atoms with Gasteiger partial charge in [0.15, 0.2) is 5.76 Å². The van der Waals surface area contributed by atoms with Gasteiger partial charge in [0.1, 0.15) is 0 Å². The molecule has 5 rings (SSSR count). The zero-order valence-corrected chi connectivity index (χ0v) is 20.4. The van der Waals surface area contributed by atoms with Gasteiger partial charge in [-0.05, 0) is 66.3 Å². The van der Waals surface area contributed by atoms with Gasteiger partial charge in [-0.25, -0.2) is 4.79 Å². The number of thiophene rings is 1. The maximum Gasteiger partial charge on any atom is 0.326 e. The number of hydrogen-bond acceptors (Lipinski definition) is 6. The maximum atomic E-state index is 13.4. The Hall–Kier alpha value is -2.88. The number of rotatable bonds is 8. The molecule has 0 unspecified atom stereocenters. The van der Waals surface area contributed by atoms with Crippen molar-refractivity contribution in [1.29, 1.82) is 0 Å². The number of piperidine rings is 1. The summed E-state index contributed by atoms with van der Waals surface area (Å²) in [6.45, 7) is 1.73. The number of unbranched alkanes of at least 4 members (excludes halogenated alkanes) is 1. The van der Waals surface area contributed by atoms with Crippen LogP contribution in [0.4, 0.5) is 0 Å². The molecule has 2 aliphatic heterocycles. The van der Waals surface area contributed by atoms with Crippen molar-refractivity contribution in [3.8, 4) is 0 Å². The summed E-state index contributed by atoms with van der Waals surface area (Å²) in [7, 11) is 0. The Bertz CT molecular complexity index is 1220. The van der Waals surface area contributed by atoms with Crippen LogP contribution < -0.4 is 5.69 Å². The van der Waals surface area contributed by atoms with Crippen molar-refractivity contribution in [2.45, 2.75) is 50.4 Å². The fraction of sp³-hybridized carbons (Fsp3) is 0.462. The van der Waals surface area contributed by atoms with Crippen LogP contribution in [0.3, 0.4) is 0 Å². The quantitative estimate of drug-likeness (QED) is 0.462. The third-order valence-electron chi connectivity index (χ3n) is 6.84. The third kappa shape index (κ3) is 5.22. The van der Waals surface area contributed by atoms with E-state index >= 15 is 0 Å². The molecule has 2 N–H and O–H groups in total. The molecule has 0 bridgehead atoms. The van der Waals surface area contributed by atoms with Gasteiger partial charge in [0.2, 0.25) is 6.29 Å². The molecule has 2 atom stereocenters. The molecule has 2 aliphatic rings. The fourth-order valence-electron chi connectivity index (χ4n) is 4.98. The number of para-hydroxylation sites is 2. The van der Waals surface area contributed by atoms with Crippen LogP contribution >= 0.6 is 11.3 Å². The van der Waals surface area contributed by atoms with Crippen LogP contribution in [-0.2, 0) is 14.3 Å². The number of amides is 1. The summed E-state index contributed by atoms with van der Waals surface area (Å²) in [5, 5.41) is 13.1. The fourth-order valence-corrected chi connectivity index (χ4v) is 5.70. The predicted molar refractivity (Wildman–Crippen MR) is 134 cm³/mol. The second-order valence-corrected chi connectivity index (χ2v) is 9.90. The number of aliphatic hydroxyl groups is 1. The second-order valence-electron chi connectivity index (χ2n) is 9.12. The van der Waals surface area contributed by atoms with Gasteiger partial charge in [0.25, 0.3) is 5.91 Å². The van der Waals surface area contributed by atoms with Crippen LogP contribution in [0.2, 0.25) is 0 Å². The van der Waals surface area contributed by atoms with Gasteiger partial charge < -0.3 is 24.5 Å². The number of benzene rings is 1. The molecule has 1 saturated heterocycles. The van der Waals surface area contributed by atoms with Gasteiger partial charge in [0.05, 0.1) is 17.6 Å². The van der Waals surface area contributed by atoms with Crippen molar-refractivity contribution in [2.24, 2.45) is 0 Å². The highest BCUT2D eigenvalue weighted by Gasteiger charge is 2.33. The number of allylic oxidation sites excluding steroid dienone is 1. The molecular weight excluding hydrogens is 466 g/mol. The summed E-state index contributed by atoms with van der Waals surface area (Å²) in [5.41, 5.74) is 2.79. The first kappa shape index (κ1) is 23.8. The van der Waals surface area contributed by atoms with E-state index in [2.05, 4.69) is 16.4 Å². The Balaban J connectivity index is 1.27. The van der Waals surface area contributed by atoms with E-state index in [1.165, 1.54) is 0 Å².